The Morgan fingerprint density at radius 1 is 1.33 bits per heavy atom. The zero-order chi connectivity index (χ0) is 17.5. The second-order valence-corrected chi connectivity index (χ2v) is 7.25. The van der Waals surface area contributed by atoms with Crippen LogP contribution in [-0.2, 0) is 22.4 Å². The Bertz CT molecular complexity index is 565. The molecule has 0 spiro atoms. The Hall–Kier alpha value is -1.63. The molecule has 0 bridgehead atoms. The molecule has 0 radical (unpaired) electrons. The van der Waals surface area contributed by atoms with Crippen LogP contribution in [0.1, 0.15) is 42.3 Å². The van der Waals surface area contributed by atoms with Crippen LogP contribution in [0.3, 0.4) is 0 Å². The lowest BCUT2D eigenvalue weighted by atomic mass is 9.97. The van der Waals surface area contributed by atoms with E-state index in [0.717, 1.165) is 23.5 Å². The average molecular weight is 353 g/mol. The lowest BCUT2D eigenvalue weighted by molar-refractivity contribution is -0.149. The highest BCUT2D eigenvalue weighted by Crippen LogP contribution is 2.19. The Labute approximate surface area is 147 Å². The van der Waals surface area contributed by atoms with Crippen molar-refractivity contribution < 1.29 is 14.3 Å². The van der Waals surface area contributed by atoms with Gasteiger partial charge in [0.1, 0.15) is 0 Å². The average Bonchev–Trinajstić information content (AvgIpc) is 2.95. The summed E-state index contributed by atoms with van der Waals surface area (Å²) in [7, 11) is 0. The van der Waals surface area contributed by atoms with E-state index in [0.29, 0.717) is 39.1 Å². The van der Waals surface area contributed by atoms with Gasteiger partial charge < -0.3 is 15.0 Å². The number of hydrogen-bond donors (Lipinski definition) is 1. The van der Waals surface area contributed by atoms with Crippen molar-refractivity contribution in [3.63, 3.8) is 0 Å². The molecule has 1 saturated heterocycles. The fourth-order valence-corrected chi connectivity index (χ4v) is 3.91. The number of carbonyl (C=O) groups is 2. The SMILES string of the molecule is CCOC(=O)C1CCN(C(=O)NCCc2nc(CC)c(C)s2)CC1. The van der Waals surface area contributed by atoms with Crippen molar-refractivity contribution in [1.82, 2.24) is 15.2 Å². The smallest absolute Gasteiger partial charge is 0.317 e. The van der Waals surface area contributed by atoms with E-state index in [1.807, 2.05) is 6.92 Å². The molecule has 24 heavy (non-hydrogen) atoms. The maximum atomic E-state index is 12.2. The molecule has 1 N–H and O–H groups in total. The topological polar surface area (TPSA) is 71.5 Å². The second-order valence-electron chi connectivity index (χ2n) is 5.96. The number of carbonyl (C=O) groups excluding carboxylic acids is 2. The third-order valence-electron chi connectivity index (χ3n) is 4.29. The number of nitrogens with zero attached hydrogens (tertiary/aromatic N) is 2. The molecule has 2 heterocycles. The van der Waals surface area contributed by atoms with Crippen LogP contribution in [0, 0.1) is 12.8 Å². The van der Waals surface area contributed by atoms with E-state index in [4.69, 9.17) is 4.74 Å². The van der Waals surface area contributed by atoms with Crippen LogP contribution in [0.25, 0.3) is 0 Å². The molecule has 2 rings (SSSR count). The van der Waals surface area contributed by atoms with E-state index in [1.54, 1.807) is 16.2 Å². The van der Waals surface area contributed by atoms with Gasteiger partial charge in [-0.25, -0.2) is 9.78 Å². The maximum Gasteiger partial charge on any atom is 0.317 e. The number of amides is 2. The number of esters is 1. The van der Waals surface area contributed by atoms with Crippen molar-refractivity contribution in [1.29, 1.82) is 0 Å². The van der Waals surface area contributed by atoms with Crippen LogP contribution < -0.4 is 5.32 Å². The Morgan fingerprint density at radius 3 is 2.62 bits per heavy atom. The number of nitrogens with one attached hydrogen (secondary N) is 1. The zero-order valence-corrected chi connectivity index (χ0v) is 15.6. The van der Waals surface area contributed by atoms with Gasteiger partial charge in [0.05, 0.1) is 23.2 Å². The molecule has 134 valence electrons. The van der Waals surface area contributed by atoms with Gasteiger partial charge in [0.2, 0.25) is 0 Å². The molecule has 0 atom stereocenters. The van der Waals surface area contributed by atoms with E-state index in [9.17, 15) is 9.59 Å². The monoisotopic (exact) mass is 353 g/mol. The minimum Gasteiger partial charge on any atom is -0.466 e. The first-order chi connectivity index (χ1) is 11.5. The van der Waals surface area contributed by atoms with Crippen LogP contribution >= 0.6 is 11.3 Å². The molecule has 0 unspecified atom stereocenters. The van der Waals surface area contributed by atoms with Crippen molar-refractivity contribution in [2.45, 2.75) is 46.5 Å². The van der Waals surface area contributed by atoms with Gasteiger partial charge in [0.15, 0.2) is 0 Å². The standard InChI is InChI=1S/C17H27N3O3S/c1-4-14-12(3)24-15(19-14)6-9-18-17(22)20-10-7-13(8-11-20)16(21)23-5-2/h13H,4-11H2,1-3H3,(H,18,22). The molecule has 1 aliphatic rings. The summed E-state index contributed by atoms with van der Waals surface area (Å²) in [5, 5.41) is 4.03. The summed E-state index contributed by atoms with van der Waals surface area (Å²) in [4.78, 5) is 31.5. The molecule has 0 aliphatic carbocycles. The number of aromatic nitrogens is 1. The molecule has 0 aromatic carbocycles. The van der Waals surface area contributed by atoms with Gasteiger partial charge in [-0.2, -0.15) is 0 Å². The first kappa shape index (κ1) is 18.7. The van der Waals surface area contributed by atoms with E-state index in [2.05, 4.69) is 24.1 Å². The quantitative estimate of drug-likeness (QED) is 0.798. The molecule has 1 aliphatic heterocycles. The Balaban J connectivity index is 1.70. The maximum absolute atomic E-state index is 12.2. The van der Waals surface area contributed by atoms with Gasteiger partial charge in [0, 0.05) is 30.9 Å². The second kappa shape index (κ2) is 9.01. The first-order valence-corrected chi connectivity index (χ1v) is 9.51. The predicted molar refractivity (Wildman–Crippen MR) is 94.3 cm³/mol. The fraction of sp³-hybridized carbons (Fsp3) is 0.706. The summed E-state index contributed by atoms with van der Waals surface area (Å²) >= 11 is 1.71. The number of ether oxygens (including phenoxy) is 1. The lowest BCUT2D eigenvalue weighted by Gasteiger charge is -2.30. The van der Waals surface area contributed by atoms with E-state index in [-0.39, 0.29) is 17.9 Å². The van der Waals surface area contributed by atoms with Crippen molar-refractivity contribution in [2.75, 3.05) is 26.2 Å². The number of urea groups is 1. The summed E-state index contributed by atoms with van der Waals surface area (Å²) in [5.41, 5.74) is 1.15. The molecule has 2 amide bonds. The molecule has 1 fully saturated rings. The summed E-state index contributed by atoms with van der Waals surface area (Å²) < 4.78 is 5.05. The van der Waals surface area contributed by atoms with Gasteiger partial charge in [-0.3, -0.25) is 4.79 Å². The highest BCUT2D eigenvalue weighted by molar-refractivity contribution is 7.11. The van der Waals surface area contributed by atoms with Gasteiger partial charge in [-0.1, -0.05) is 6.92 Å². The normalized spacial score (nSPS) is 15.4. The molecule has 6 nitrogen and oxygen atoms in total. The van der Waals surface area contributed by atoms with Crippen molar-refractivity contribution in [2.24, 2.45) is 5.92 Å². The minimum atomic E-state index is -0.136. The van der Waals surface area contributed by atoms with Crippen molar-refractivity contribution in [3.05, 3.63) is 15.6 Å². The van der Waals surface area contributed by atoms with E-state index < -0.39 is 0 Å². The summed E-state index contributed by atoms with van der Waals surface area (Å²) in [6.07, 6.45) is 3.07. The highest BCUT2D eigenvalue weighted by Gasteiger charge is 2.28. The van der Waals surface area contributed by atoms with Crippen LogP contribution in [0.15, 0.2) is 0 Å². The number of thiazole rings is 1. The van der Waals surface area contributed by atoms with E-state index >= 15 is 0 Å². The molecule has 1 aromatic rings. The third kappa shape index (κ3) is 4.93. The van der Waals surface area contributed by atoms with Gasteiger partial charge in [-0.15, -0.1) is 11.3 Å². The summed E-state index contributed by atoms with van der Waals surface area (Å²) in [5.74, 6) is -0.205. The van der Waals surface area contributed by atoms with Crippen molar-refractivity contribution in [3.8, 4) is 0 Å². The Morgan fingerprint density at radius 2 is 2.04 bits per heavy atom. The lowest BCUT2D eigenvalue weighted by Crippen LogP contribution is -2.46. The Kier molecular flexibility index (Phi) is 7.02. The van der Waals surface area contributed by atoms with Crippen LogP contribution in [0.5, 0.6) is 0 Å². The molecule has 1 aromatic heterocycles. The van der Waals surface area contributed by atoms with Crippen LogP contribution in [0.4, 0.5) is 4.79 Å². The number of rotatable bonds is 6. The molecular formula is C17H27N3O3S. The molecule has 0 saturated carbocycles. The molecular weight excluding hydrogens is 326 g/mol. The van der Waals surface area contributed by atoms with Crippen LogP contribution in [-0.4, -0.2) is 48.1 Å². The number of likely N-dealkylation sites (tertiary alicyclic amines) is 1. The van der Waals surface area contributed by atoms with Gasteiger partial charge in [-0.05, 0) is 33.1 Å². The number of aryl methyl sites for hydroxylation is 2. The predicted octanol–water partition coefficient (Wildman–Crippen LogP) is 2.54. The van der Waals surface area contributed by atoms with Gasteiger partial charge >= 0.3 is 12.0 Å². The van der Waals surface area contributed by atoms with Crippen molar-refractivity contribution >= 4 is 23.3 Å². The van der Waals surface area contributed by atoms with Crippen LogP contribution in [0.2, 0.25) is 0 Å². The number of hydrogen-bond acceptors (Lipinski definition) is 5. The summed E-state index contributed by atoms with van der Waals surface area (Å²) in [6.45, 7) is 8.22. The minimum absolute atomic E-state index is 0.0544. The molecule has 7 heteroatoms. The third-order valence-corrected chi connectivity index (χ3v) is 5.36. The summed E-state index contributed by atoms with van der Waals surface area (Å²) in [6, 6.07) is -0.0544. The van der Waals surface area contributed by atoms with E-state index in [1.165, 1.54) is 4.88 Å². The largest absolute Gasteiger partial charge is 0.466 e. The van der Waals surface area contributed by atoms with Gasteiger partial charge in [0.25, 0.3) is 0 Å². The zero-order valence-electron chi connectivity index (χ0n) is 14.8. The number of piperidine rings is 1. The fourth-order valence-electron chi connectivity index (χ4n) is 2.89. The first-order valence-electron chi connectivity index (χ1n) is 8.69. The highest BCUT2D eigenvalue weighted by atomic mass is 32.1.